The number of hydrogen-bond donors (Lipinski definition) is 2. The molecular weight excluding hydrogens is 264 g/mol. The molecule has 1 amide bonds. The minimum absolute atomic E-state index is 0.0745. The quantitative estimate of drug-likeness (QED) is 0.784. The third kappa shape index (κ3) is 4.55. The van der Waals surface area contributed by atoms with Gasteiger partial charge in [0.15, 0.2) is 6.10 Å². The van der Waals surface area contributed by atoms with E-state index < -0.39 is 12.1 Å². The van der Waals surface area contributed by atoms with Crippen LogP contribution < -0.4 is 11.1 Å². The predicted molar refractivity (Wildman–Crippen MR) is 76.1 cm³/mol. The van der Waals surface area contributed by atoms with Gasteiger partial charge in [-0.2, -0.15) is 0 Å². The molecule has 0 aliphatic heterocycles. The summed E-state index contributed by atoms with van der Waals surface area (Å²) in [5, 5.41) is 4.51. The molecule has 0 saturated heterocycles. The van der Waals surface area contributed by atoms with Crippen LogP contribution in [0.2, 0.25) is 0 Å². The Morgan fingerprint density at radius 3 is 2.68 bits per heavy atom. The van der Waals surface area contributed by atoms with Crippen molar-refractivity contribution < 1.29 is 14.3 Å². The van der Waals surface area contributed by atoms with Crippen molar-refractivity contribution in [2.45, 2.75) is 45.8 Å². The van der Waals surface area contributed by atoms with Gasteiger partial charge in [0.2, 0.25) is 0 Å². The van der Waals surface area contributed by atoms with Crippen molar-refractivity contribution in [1.82, 2.24) is 5.32 Å². The predicted octanol–water partition coefficient (Wildman–Crippen LogP) is 2.18. The maximum absolute atomic E-state index is 11.8. The third-order valence-corrected chi connectivity index (χ3v) is 3.55. The first-order valence-corrected chi connectivity index (χ1v) is 7.18. The lowest BCUT2D eigenvalue weighted by Gasteiger charge is -2.17. The van der Waals surface area contributed by atoms with E-state index in [0.29, 0.717) is 10.6 Å². The van der Waals surface area contributed by atoms with Gasteiger partial charge in [0.05, 0.1) is 5.69 Å². The number of anilines is 1. The Balaban J connectivity index is 2.50. The summed E-state index contributed by atoms with van der Waals surface area (Å²) < 4.78 is 5.10. The molecule has 0 bridgehead atoms. The summed E-state index contributed by atoms with van der Waals surface area (Å²) >= 11 is 1.20. The minimum atomic E-state index is -0.826. The topological polar surface area (TPSA) is 81.4 Å². The zero-order chi connectivity index (χ0) is 14.4. The van der Waals surface area contributed by atoms with Crippen molar-refractivity contribution in [3.05, 3.63) is 16.3 Å². The van der Waals surface area contributed by atoms with Crippen LogP contribution in [-0.2, 0) is 9.53 Å². The van der Waals surface area contributed by atoms with E-state index in [2.05, 4.69) is 5.32 Å². The van der Waals surface area contributed by atoms with Crippen LogP contribution in [-0.4, -0.2) is 24.0 Å². The Bertz CT molecular complexity index is 445. The van der Waals surface area contributed by atoms with Crippen molar-refractivity contribution in [2.24, 2.45) is 0 Å². The summed E-state index contributed by atoms with van der Waals surface area (Å²) in [5.41, 5.74) is 6.00. The van der Waals surface area contributed by atoms with Gasteiger partial charge in [-0.05, 0) is 31.7 Å². The minimum Gasteiger partial charge on any atom is -0.448 e. The molecule has 0 aliphatic carbocycles. The van der Waals surface area contributed by atoms with E-state index in [0.717, 1.165) is 12.8 Å². The zero-order valence-corrected chi connectivity index (χ0v) is 12.3. The maximum atomic E-state index is 11.8. The van der Waals surface area contributed by atoms with Gasteiger partial charge in [-0.25, -0.2) is 4.79 Å². The van der Waals surface area contributed by atoms with E-state index in [1.54, 1.807) is 18.4 Å². The SMILES string of the molecule is CCCC(C)NC(=O)C(C)OC(=O)c1sccc1N. The largest absolute Gasteiger partial charge is 0.448 e. The van der Waals surface area contributed by atoms with Gasteiger partial charge in [0.1, 0.15) is 4.88 Å². The van der Waals surface area contributed by atoms with Gasteiger partial charge in [0, 0.05) is 6.04 Å². The summed E-state index contributed by atoms with van der Waals surface area (Å²) in [4.78, 5) is 23.9. The molecule has 2 unspecified atom stereocenters. The molecule has 0 spiro atoms. The van der Waals surface area contributed by atoms with Gasteiger partial charge in [-0.3, -0.25) is 4.79 Å². The lowest BCUT2D eigenvalue weighted by atomic mass is 10.2. The summed E-state index contributed by atoms with van der Waals surface area (Å²) in [5.74, 6) is -0.845. The summed E-state index contributed by atoms with van der Waals surface area (Å²) in [7, 11) is 0. The second kappa shape index (κ2) is 7.13. The number of hydrogen-bond acceptors (Lipinski definition) is 5. The highest BCUT2D eigenvalue weighted by Gasteiger charge is 2.21. The van der Waals surface area contributed by atoms with Gasteiger partial charge in [0.25, 0.3) is 5.91 Å². The number of nitrogens with two attached hydrogens (primary N) is 1. The van der Waals surface area contributed by atoms with E-state index in [1.165, 1.54) is 11.3 Å². The van der Waals surface area contributed by atoms with E-state index in [1.807, 2.05) is 13.8 Å². The molecule has 1 aromatic heterocycles. The van der Waals surface area contributed by atoms with Crippen LogP contribution in [0.5, 0.6) is 0 Å². The first-order valence-electron chi connectivity index (χ1n) is 6.30. The fraction of sp³-hybridized carbons (Fsp3) is 0.538. The second-order valence-corrected chi connectivity index (χ2v) is 5.37. The standard InChI is InChI=1S/C13H20N2O3S/c1-4-5-8(2)15-12(16)9(3)18-13(17)11-10(14)6-7-19-11/h6-9H,4-5,14H2,1-3H3,(H,15,16). The number of carbonyl (C=O) groups is 2. The molecule has 2 atom stereocenters. The summed E-state index contributed by atoms with van der Waals surface area (Å²) in [6.07, 6.45) is 1.05. The van der Waals surface area contributed by atoms with Crippen molar-refractivity contribution in [3.8, 4) is 0 Å². The van der Waals surface area contributed by atoms with E-state index in [-0.39, 0.29) is 11.9 Å². The molecule has 0 aliphatic rings. The smallest absolute Gasteiger partial charge is 0.351 e. The maximum Gasteiger partial charge on any atom is 0.351 e. The molecule has 0 radical (unpaired) electrons. The number of carbonyl (C=O) groups excluding carboxylic acids is 2. The fourth-order valence-corrected chi connectivity index (χ4v) is 2.32. The lowest BCUT2D eigenvalue weighted by molar-refractivity contribution is -0.129. The monoisotopic (exact) mass is 284 g/mol. The normalized spacial score (nSPS) is 13.6. The van der Waals surface area contributed by atoms with Crippen LogP contribution in [0.25, 0.3) is 0 Å². The Hall–Kier alpha value is -1.56. The second-order valence-electron chi connectivity index (χ2n) is 4.45. The molecule has 3 N–H and O–H groups in total. The van der Waals surface area contributed by atoms with Crippen molar-refractivity contribution in [3.63, 3.8) is 0 Å². The van der Waals surface area contributed by atoms with Crippen molar-refractivity contribution in [2.75, 3.05) is 5.73 Å². The number of amides is 1. The van der Waals surface area contributed by atoms with Crippen LogP contribution in [0.1, 0.15) is 43.3 Å². The van der Waals surface area contributed by atoms with Gasteiger partial charge >= 0.3 is 5.97 Å². The van der Waals surface area contributed by atoms with Crippen LogP contribution >= 0.6 is 11.3 Å². The average molecular weight is 284 g/mol. The molecule has 1 aromatic rings. The summed E-state index contributed by atoms with van der Waals surface area (Å²) in [6.45, 7) is 5.52. The van der Waals surface area contributed by atoms with Crippen molar-refractivity contribution >= 4 is 28.9 Å². The molecule has 1 rings (SSSR count). The number of nitrogens with one attached hydrogen (secondary N) is 1. The van der Waals surface area contributed by atoms with Gasteiger partial charge in [-0.15, -0.1) is 11.3 Å². The first-order chi connectivity index (χ1) is 8.95. The Kier molecular flexibility index (Phi) is 5.82. The molecule has 0 fully saturated rings. The summed E-state index contributed by atoms with van der Waals surface area (Å²) in [6, 6.07) is 1.71. The van der Waals surface area contributed by atoms with Crippen LogP contribution in [0, 0.1) is 0 Å². The lowest BCUT2D eigenvalue weighted by Crippen LogP contribution is -2.40. The average Bonchev–Trinajstić information content (AvgIpc) is 2.75. The third-order valence-electron chi connectivity index (χ3n) is 2.64. The van der Waals surface area contributed by atoms with Gasteiger partial charge in [-0.1, -0.05) is 13.3 Å². The molecule has 5 nitrogen and oxygen atoms in total. The van der Waals surface area contributed by atoms with Crippen molar-refractivity contribution in [1.29, 1.82) is 0 Å². The highest BCUT2D eigenvalue weighted by Crippen LogP contribution is 2.20. The van der Waals surface area contributed by atoms with Crippen LogP contribution in [0.4, 0.5) is 5.69 Å². The van der Waals surface area contributed by atoms with E-state index in [4.69, 9.17) is 10.5 Å². The van der Waals surface area contributed by atoms with Gasteiger partial charge < -0.3 is 15.8 Å². The molecular formula is C13H20N2O3S. The Morgan fingerprint density at radius 1 is 1.47 bits per heavy atom. The highest BCUT2D eigenvalue weighted by molar-refractivity contribution is 7.12. The van der Waals surface area contributed by atoms with Crippen LogP contribution in [0.15, 0.2) is 11.4 Å². The highest BCUT2D eigenvalue weighted by atomic mass is 32.1. The number of nitrogen functional groups attached to an aromatic ring is 1. The molecule has 1 heterocycles. The van der Waals surface area contributed by atoms with E-state index >= 15 is 0 Å². The Labute approximate surface area is 117 Å². The number of thiophene rings is 1. The number of esters is 1. The zero-order valence-electron chi connectivity index (χ0n) is 11.4. The molecule has 19 heavy (non-hydrogen) atoms. The van der Waals surface area contributed by atoms with Crippen LogP contribution in [0.3, 0.4) is 0 Å². The Morgan fingerprint density at radius 2 is 2.16 bits per heavy atom. The molecule has 6 heteroatoms. The molecule has 0 saturated carbocycles. The molecule has 106 valence electrons. The number of ether oxygens (including phenoxy) is 1. The fourth-order valence-electron chi connectivity index (χ4n) is 1.62. The number of rotatable bonds is 6. The van der Waals surface area contributed by atoms with E-state index in [9.17, 15) is 9.59 Å². The first kappa shape index (κ1) is 15.5. The molecule has 0 aromatic carbocycles.